The minimum Gasteiger partial charge on any atom is -0.373 e. The Balaban J connectivity index is 0.000000369. The number of nitrogens with two attached hydrogens (primary N) is 1. The maximum Gasteiger partial charge on any atom is 0.168 e. The van der Waals surface area contributed by atoms with Crippen LogP contribution in [0.15, 0.2) is 12.1 Å². The SMILES string of the molecule is CN.CNC.CNc1cc(-c2n[nH]c3c2CCC(C)(C)C3)cc(C=O)n1.O=CC1CCCCC1. The van der Waals surface area contributed by atoms with Gasteiger partial charge in [-0.3, -0.25) is 9.89 Å². The van der Waals surface area contributed by atoms with E-state index in [1.165, 1.54) is 37.6 Å². The third kappa shape index (κ3) is 8.99. The minimum atomic E-state index is 0.319. The van der Waals surface area contributed by atoms with Gasteiger partial charge in [0.05, 0.1) is 5.69 Å². The van der Waals surface area contributed by atoms with E-state index in [4.69, 9.17) is 0 Å². The Labute approximate surface area is 204 Å². The van der Waals surface area contributed by atoms with Crippen LogP contribution in [-0.4, -0.2) is 55.9 Å². The molecular formula is C26H44N6O2. The first-order chi connectivity index (χ1) is 16.4. The van der Waals surface area contributed by atoms with Crippen molar-refractivity contribution in [2.45, 2.75) is 65.2 Å². The lowest BCUT2D eigenvalue weighted by atomic mass is 9.76. The van der Waals surface area contributed by atoms with E-state index in [1.807, 2.05) is 20.2 Å². The highest BCUT2D eigenvalue weighted by molar-refractivity contribution is 5.78. The molecule has 2 aromatic heterocycles. The number of anilines is 1. The van der Waals surface area contributed by atoms with Gasteiger partial charge in [0.25, 0.3) is 0 Å². The van der Waals surface area contributed by atoms with Gasteiger partial charge in [-0.2, -0.15) is 5.10 Å². The molecule has 0 amide bonds. The van der Waals surface area contributed by atoms with E-state index in [2.05, 4.69) is 45.4 Å². The summed E-state index contributed by atoms with van der Waals surface area (Å²) in [5.41, 5.74) is 9.62. The molecule has 2 aliphatic rings. The summed E-state index contributed by atoms with van der Waals surface area (Å²) in [6.07, 6.45) is 11.2. The number of carbonyl (C=O) groups excluding carboxylic acids is 2. The van der Waals surface area contributed by atoms with E-state index in [1.54, 1.807) is 13.1 Å². The van der Waals surface area contributed by atoms with Crippen LogP contribution in [0.1, 0.15) is 74.1 Å². The van der Waals surface area contributed by atoms with Crippen LogP contribution >= 0.6 is 0 Å². The maximum absolute atomic E-state index is 11.1. The molecule has 2 aliphatic carbocycles. The number of hydrogen-bond donors (Lipinski definition) is 4. The largest absolute Gasteiger partial charge is 0.373 e. The van der Waals surface area contributed by atoms with Crippen LogP contribution in [0.3, 0.4) is 0 Å². The van der Waals surface area contributed by atoms with Gasteiger partial charge >= 0.3 is 0 Å². The highest BCUT2D eigenvalue weighted by atomic mass is 16.1. The summed E-state index contributed by atoms with van der Waals surface area (Å²) in [5, 5.41) is 13.4. The van der Waals surface area contributed by atoms with Gasteiger partial charge in [-0.1, -0.05) is 33.1 Å². The van der Waals surface area contributed by atoms with Crippen LogP contribution in [-0.2, 0) is 17.6 Å². The Hall–Kier alpha value is -2.58. The van der Waals surface area contributed by atoms with Crippen LogP contribution in [0.25, 0.3) is 11.3 Å². The van der Waals surface area contributed by atoms with Crippen LogP contribution in [0.4, 0.5) is 5.82 Å². The lowest BCUT2D eigenvalue weighted by Gasteiger charge is -2.29. The summed E-state index contributed by atoms with van der Waals surface area (Å²) in [6, 6.07) is 3.73. The van der Waals surface area contributed by atoms with Crippen molar-refractivity contribution < 1.29 is 9.59 Å². The van der Waals surface area contributed by atoms with E-state index in [0.717, 1.165) is 55.9 Å². The number of carbonyl (C=O) groups is 2. The zero-order valence-corrected chi connectivity index (χ0v) is 21.8. The van der Waals surface area contributed by atoms with Crippen molar-refractivity contribution >= 4 is 18.4 Å². The zero-order valence-electron chi connectivity index (χ0n) is 21.8. The number of pyridine rings is 1. The lowest BCUT2D eigenvalue weighted by Crippen LogP contribution is -2.21. The molecule has 0 saturated heterocycles. The smallest absolute Gasteiger partial charge is 0.168 e. The Morgan fingerprint density at radius 2 is 1.74 bits per heavy atom. The van der Waals surface area contributed by atoms with Crippen molar-refractivity contribution in [1.29, 1.82) is 0 Å². The van der Waals surface area contributed by atoms with Crippen molar-refractivity contribution in [3.05, 3.63) is 29.1 Å². The average molecular weight is 473 g/mol. The third-order valence-corrected chi connectivity index (χ3v) is 6.00. The monoisotopic (exact) mass is 472 g/mol. The quantitative estimate of drug-likeness (QED) is 0.495. The van der Waals surface area contributed by atoms with Gasteiger partial charge in [-0.25, -0.2) is 4.98 Å². The number of aromatic nitrogens is 3. The highest BCUT2D eigenvalue weighted by Gasteiger charge is 2.29. The number of fused-ring (bicyclic) bond motifs is 1. The van der Waals surface area contributed by atoms with Crippen molar-refractivity contribution in [1.82, 2.24) is 20.5 Å². The molecule has 1 fully saturated rings. The molecule has 0 atom stereocenters. The molecule has 2 aromatic rings. The Morgan fingerprint density at radius 1 is 1.09 bits per heavy atom. The topological polar surface area (TPSA) is 126 Å². The van der Waals surface area contributed by atoms with Gasteiger partial charge in [0.1, 0.15) is 17.8 Å². The minimum absolute atomic E-state index is 0.319. The van der Waals surface area contributed by atoms with Crippen LogP contribution in [0, 0.1) is 11.3 Å². The molecule has 0 aliphatic heterocycles. The normalized spacial score (nSPS) is 16.2. The number of H-pyrrole nitrogens is 1. The predicted octanol–water partition coefficient (Wildman–Crippen LogP) is 4.02. The molecule has 0 radical (unpaired) electrons. The molecule has 4 rings (SSSR count). The molecule has 8 nitrogen and oxygen atoms in total. The molecule has 8 heteroatoms. The van der Waals surface area contributed by atoms with E-state index in [-0.39, 0.29) is 0 Å². The lowest BCUT2D eigenvalue weighted by molar-refractivity contribution is -0.111. The number of hydrogen-bond acceptors (Lipinski definition) is 7. The van der Waals surface area contributed by atoms with Crippen LogP contribution in [0.5, 0.6) is 0 Å². The molecule has 34 heavy (non-hydrogen) atoms. The summed E-state index contributed by atoms with van der Waals surface area (Å²) in [7, 11) is 7.04. The maximum atomic E-state index is 11.1. The second kappa shape index (κ2) is 15.3. The molecule has 0 aromatic carbocycles. The Morgan fingerprint density at radius 3 is 2.26 bits per heavy atom. The summed E-state index contributed by atoms with van der Waals surface area (Å²) in [6.45, 7) is 4.57. The molecule has 190 valence electrons. The van der Waals surface area contributed by atoms with E-state index >= 15 is 0 Å². The summed E-state index contributed by atoms with van der Waals surface area (Å²) >= 11 is 0. The zero-order chi connectivity index (χ0) is 25.6. The van der Waals surface area contributed by atoms with Crippen molar-refractivity contribution in [3.63, 3.8) is 0 Å². The van der Waals surface area contributed by atoms with Gasteiger partial charge < -0.3 is 21.2 Å². The third-order valence-electron chi connectivity index (χ3n) is 6.00. The number of nitrogens with one attached hydrogen (secondary N) is 3. The van der Waals surface area contributed by atoms with Crippen molar-refractivity contribution in [2.75, 3.05) is 33.5 Å². The fourth-order valence-corrected chi connectivity index (χ4v) is 4.23. The first kappa shape index (κ1) is 29.5. The van der Waals surface area contributed by atoms with Gasteiger partial charge in [-0.15, -0.1) is 0 Å². The van der Waals surface area contributed by atoms with Gasteiger partial charge in [-0.05, 0) is 70.8 Å². The first-order valence-corrected chi connectivity index (χ1v) is 12.2. The molecule has 0 spiro atoms. The summed E-state index contributed by atoms with van der Waals surface area (Å²) in [4.78, 5) is 25.4. The highest BCUT2D eigenvalue weighted by Crippen LogP contribution is 2.38. The second-order valence-corrected chi connectivity index (χ2v) is 9.44. The Kier molecular flexibility index (Phi) is 13.3. The Bertz CT molecular complexity index is 872. The molecule has 1 saturated carbocycles. The van der Waals surface area contributed by atoms with E-state index < -0.39 is 0 Å². The standard InChI is InChI=1S/C16H20N4O.C7H12O.C2H7N.CH5N/c1-16(2)5-4-12-13(8-16)19-20-15(12)10-6-11(9-21)18-14(7-10)17-3;8-6-7-4-2-1-3-5-7;1-3-2;1-2/h6-7,9H,4-5,8H2,1-3H3,(H,17,18)(H,19,20);6-7H,1-5H2;3H,1-2H3;2H2,1H3. The number of aromatic amines is 1. The fraction of sp³-hybridized carbons (Fsp3) is 0.615. The summed E-state index contributed by atoms with van der Waals surface area (Å²) in [5.74, 6) is 1.09. The molecular weight excluding hydrogens is 428 g/mol. The van der Waals surface area contributed by atoms with Gasteiger partial charge in [0.15, 0.2) is 6.29 Å². The van der Waals surface area contributed by atoms with Crippen LogP contribution < -0.4 is 16.4 Å². The number of aldehydes is 2. The van der Waals surface area contributed by atoms with Crippen LogP contribution in [0.2, 0.25) is 0 Å². The molecule has 2 heterocycles. The van der Waals surface area contributed by atoms with Crippen molar-refractivity contribution in [3.8, 4) is 11.3 Å². The average Bonchev–Trinajstić information content (AvgIpc) is 3.28. The van der Waals surface area contributed by atoms with E-state index in [9.17, 15) is 9.59 Å². The van der Waals surface area contributed by atoms with E-state index in [0.29, 0.717) is 22.8 Å². The summed E-state index contributed by atoms with van der Waals surface area (Å²) < 4.78 is 0. The number of rotatable bonds is 4. The van der Waals surface area contributed by atoms with Gasteiger partial charge in [0.2, 0.25) is 0 Å². The molecule has 5 N–H and O–H groups in total. The van der Waals surface area contributed by atoms with Gasteiger partial charge in [0, 0.05) is 29.8 Å². The second-order valence-electron chi connectivity index (χ2n) is 9.44. The molecule has 0 unspecified atom stereocenters. The van der Waals surface area contributed by atoms with Crippen molar-refractivity contribution in [2.24, 2.45) is 17.1 Å². The predicted molar refractivity (Wildman–Crippen MR) is 140 cm³/mol. The number of nitrogens with zero attached hydrogens (tertiary/aromatic N) is 2. The molecule has 0 bridgehead atoms. The first-order valence-electron chi connectivity index (χ1n) is 12.2. The fourth-order valence-electron chi connectivity index (χ4n) is 4.23.